The van der Waals surface area contributed by atoms with Crippen molar-refractivity contribution in [2.75, 3.05) is 0 Å². The van der Waals surface area contributed by atoms with E-state index in [1.165, 1.54) is 6.07 Å². The van der Waals surface area contributed by atoms with Gasteiger partial charge in [0.2, 0.25) is 11.8 Å². The summed E-state index contributed by atoms with van der Waals surface area (Å²) < 4.78 is 19.4. The Morgan fingerprint density at radius 1 is 1.17 bits per heavy atom. The monoisotopic (exact) mass is 334 g/mol. The number of piperidine rings is 1. The van der Waals surface area contributed by atoms with Crippen LogP contribution in [0.1, 0.15) is 47.4 Å². The van der Waals surface area contributed by atoms with Gasteiger partial charge in [-0.1, -0.05) is 0 Å². The van der Waals surface area contributed by atoms with E-state index in [9.17, 15) is 23.6 Å². The summed E-state index contributed by atoms with van der Waals surface area (Å²) >= 11 is 0. The fourth-order valence-corrected chi connectivity index (χ4v) is 2.81. The Morgan fingerprint density at radius 3 is 2.38 bits per heavy atom. The van der Waals surface area contributed by atoms with Crippen molar-refractivity contribution >= 4 is 23.6 Å². The number of amides is 4. The molecule has 2 aliphatic rings. The number of halogens is 1. The number of ether oxygens (including phenoxy) is 1. The molecule has 0 saturated carbocycles. The van der Waals surface area contributed by atoms with Gasteiger partial charge >= 0.3 is 0 Å². The quantitative estimate of drug-likeness (QED) is 0.833. The van der Waals surface area contributed by atoms with Crippen LogP contribution in [0, 0.1) is 5.82 Å². The molecule has 1 aromatic carbocycles. The molecule has 4 amide bonds. The first kappa shape index (κ1) is 16.1. The van der Waals surface area contributed by atoms with Crippen LogP contribution in [0.5, 0.6) is 5.75 Å². The molecule has 1 saturated heterocycles. The molecule has 7 nitrogen and oxygen atoms in total. The highest BCUT2D eigenvalue weighted by atomic mass is 19.1. The zero-order valence-electron chi connectivity index (χ0n) is 13.1. The molecular weight excluding hydrogens is 319 g/mol. The number of fused-ring (bicyclic) bond motifs is 1. The Labute approximate surface area is 136 Å². The molecule has 0 bridgehead atoms. The molecule has 0 radical (unpaired) electrons. The first-order valence-electron chi connectivity index (χ1n) is 7.51. The maximum Gasteiger partial charge on any atom is 0.262 e. The summed E-state index contributed by atoms with van der Waals surface area (Å²) in [6, 6.07) is 1.04. The maximum absolute atomic E-state index is 14.1. The molecule has 1 atom stereocenters. The molecule has 1 N–H and O–H groups in total. The fourth-order valence-electron chi connectivity index (χ4n) is 2.81. The smallest absolute Gasteiger partial charge is 0.262 e. The molecule has 1 unspecified atom stereocenters. The fraction of sp³-hybridized carbons (Fsp3) is 0.375. The molecule has 8 heteroatoms. The largest absolute Gasteiger partial charge is 0.488 e. The van der Waals surface area contributed by atoms with E-state index < -0.39 is 35.5 Å². The molecule has 3 rings (SSSR count). The van der Waals surface area contributed by atoms with Crippen LogP contribution in [0.3, 0.4) is 0 Å². The maximum atomic E-state index is 14.1. The number of hydrogen-bond acceptors (Lipinski definition) is 5. The highest BCUT2D eigenvalue weighted by molar-refractivity contribution is 6.23. The zero-order valence-corrected chi connectivity index (χ0v) is 13.1. The highest BCUT2D eigenvalue weighted by Crippen LogP contribution is 2.32. The van der Waals surface area contributed by atoms with Crippen LogP contribution in [-0.4, -0.2) is 40.7 Å². The summed E-state index contributed by atoms with van der Waals surface area (Å²) in [6.45, 7) is 3.41. The second-order valence-corrected chi connectivity index (χ2v) is 5.94. The molecule has 0 aromatic heterocycles. The van der Waals surface area contributed by atoms with E-state index in [0.717, 1.165) is 11.0 Å². The van der Waals surface area contributed by atoms with Gasteiger partial charge in [-0.3, -0.25) is 29.4 Å². The lowest BCUT2D eigenvalue weighted by molar-refractivity contribution is -0.136. The Kier molecular flexibility index (Phi) is 3.82. The number of nitrogens with one attached hydrogen (secondary N) is 1. The Bertz CT molecular complexity index is 774. The van der Waals surface area contributed by atoms with Gasteiger partial charge in [0.1, 0.15) is 6.04 Å². The number of hydrogen-bond donors (Lipinski definition) is 1. The minimum absolute atomic E-state index is 0.0123. The first-order valence-corrected chi connectivity index (χ1v) is 7.51. The molecular formula is C16H15FN2O5. The molecule has 0 aliphatic carbocycles. The Morgan fingerprint density at radius 2 is 1.79 bits per heavy atom. The Hall–Kier alpha value is -2.77. The van der Waals surface area contributed by atoms with Crippen molar-refractivity contribution in [3.63, 3.8) is 0 Å². The Balaban J connectivity index is 1.96. The summed E-state index contributed by atoms with van der Waals surface area (Å²) in [7, 11) is 0. The minimum Gasteiger partial charge on any atom is -0.488 e. The standard InChI is InChI=1S/C16H15FN2O5/c1-7(2)24-12-6-9-8(5-10(12)17)15(22)19(16(9)23)11-3-4-13(20)18-14(11)21/h5-7,11H,3-4H2,1-2H3,(H,18,20,21). The van der Waals surface area contributed by atoms with E-state index in [2.05, 4.69) is 5.32 Å². The van der Waals surface area contributed by atoms with Gasteiger partial charge in [-0.2, -0.15) is 0 Å². The minimum atomic E-state index is -1.08. The van der Waals surface area contributed by atoms with E-state index in [0.29, 0.717) is 0 Å². The van der Waals surface area contributed by atoms with E-state index >= 15 is 0 Å². The van der Waals surface area contributed by atoms with Crippen LogP contribution in [0.25, 0.3) is 0 Å². The third-order valence-electron chi connectivity index (χ3n) is 3.85. The van der Waals surface area contributed by atoms with Gasteiger partial charge in [0.15, 0.2) is 11.6 Å². The third kappa shape index (κ3) is 2.53. The lowest BCUT2D eigenvalue weighted by Gasteiger charge is -2.27. The van der Waals surface area contributed by atoms with Gasteiger partial charge < -0.3 is 4.74 Å². The van der Waals surface area contributed by atoms with Crippen molar-refractivity contribution in [2.45, 2.75) is 38.8 Å². The number of carbonyl (C=O) groups excluding carboxylic acids is 4. The van der Waals surface area contributed by atoms with Crippen LogP contribution in [-0.2, 0) is 9.59 Å². The van der Waals surface area contributed by atoms with Gasteiger partial charge in [-0.15, -0.1) is 0 Å². The van der Waals surface area contributed by atoms with Gasteiger partial charge in [-0.25, -0.2) is 4.39 Å². The van der Waals surface area contributed by atoms with Crippen molar-refractivity contribution in [1.82, 2.24) is 10.2 Å². The first-order chi connectivity index (χ1) is 11.3. The second kappa shape index (κ2) is 5.70. The van der Waals surface area contributed by atoms with E-state index in [-0.39, 0.29) is 35.8 Å². The van der Waals surface area contributed by atoms with Gasteiger partial charge in [0.05, 0.1) is 17.2 Å². The number of rotatable bonds is 3. The number of carbonyl (C=O) groups is 4. The van der Waals surface area contributed by atoms with Crippen LogP contribution in [0.2, 0.25) is 0 Å². The molecule has 126 valence electrons. The topological polar surface area (TPSA) is 92.8 Å². The molecule has 1 fully saturated rings. The summed E-state index contributed by atoms with van der Waals surface area (Å²) in [4.78, 5) is 48.9. The third-order valence-corrected chi connectivity index (χ3v) is 3.85. The van der Waals surface area contributed by atoms with Crippen molar-refractivity contribution in [3.8, 4) is 5.75 Å². The summed E-state index contributed by atoms with van der Waals surface area (Å²) in [5.41, 5.74) is -0.125. The van der Waals surface area contributed by atoms with Crippen molar-refractivity contribution < 1.29 is 28.3 Å². The summed E-state index contributed by atoms with van der Waals surface area (Å²) in [5, 5.41) is 2.10. The molecule has 1 aromatic rings. The van der Waals surface area contributed by atoms with Crippen LogP contribution in [0.15, 0.2) is 12.1 Å². The molecule has 2 aliphatic heterocycles. The predicted octanol–water partition coefficient (Wildman–Crippen LogP) is 1.01. The van der Waals surface area contributed by atoms with E-state index in [1.54, 1.807) is 13.8 Å². The highest BCUT2D eigenvalue weighted by Gasteiger charge is 2.45. The second-order valence-electron chi connectivity index (χ2n) is 5.94. The predicted molar refractivity (Wildman–Crippen MR) is 78.8 cm³/mol. The lowest BCUT2D eigenvalue weighted by atomic mass is 10.0. The summed E-state index contributed by atoms with van der Waals surface area (Å²) in [6.07, 6.45) is -0.232. The average molecular weight is 334 g/mol. The van der Waals surface area contributed by atoms with Crippen LogP contribution < -0.4 is 10.1 Å². The molecule has 2 heterocycles. The summed E-state index contributed by atoms with van der Waals surface area (Å²) in [5.74, 6) is -3.49. The lowest BCUT2D eigenvalue weighted by Crippen LogP contribution is -2.54. The zero-order chi connectivity index (χ0) is 17.6. The molecule has 24 heavy (non-hydrogen) atoms. The van der Waals surface area contributed by atoms with Gasteiger partial charge in [0, 0.05) is 6.42 Å². The van der Waals surface area contributed by atoms with Crippen LogP contribution >= 0.6 is 0 Å². The molecule has 0 spiro atoms. The SMILES string of the molecule is CC(C)Oc1cc2c(cc1F)C(=O)N(C1CCC(=O)NC1=O)C2=O. The van der Waals surface area contributed by atoms with E-state index in [4.69, 9.17) is 4.74 Å². The van der Waals surface area contributed by atoms with Gasteiger partial charge in [-0.05, 0) is 32.4 Å². The average Bonchev–Trinajstić information content (AvgIpc) is 2.72. The van der Waals surface area contributed by atoms with Crippen LogP contribution in [0.4, 0.5) is 4.39 Å². The number of benzene rings is 1. The number of nitrogens with zero attached hydrogens (tertiary/aromatic N) is 1. The van der Waals surface area contributed by atoms with E-state index in [1.807, 2.05) is 0 Å². The number of imide groups is 2. The van der Waals surface area contributed by atoms with Crippen molar-refractivity contribution in [3.05, 3.63) is 29.1 Å². The van der Waals surface area contributed by atoms with Crippen molar-refractivity contribution in [1.29, 1.82) is 0 Å². The van der Waals surface area contributed by atoms with Gasteiger partial charge in [0.25, 0.3) is 11.8 Å². The normalized spacial score (nSPS) is 20.5. The van der Waals surface area contributed by atoms with Crippen molar-refractivity contribution in [2.24, 2.45) is 0 Å².